The maximum Gasteiger partial charge on any atom is 0.408 e. The predicted molar refractivity (Wildman–Crippen MR) is 143 cm³/mol. The first-order valence-electron chi connectivity index (χ1n) is 12.5. The van der Waals surface area contributed by atoms with Crippen LogP contribution < -0.4 is 20.7 Å². The van der Waals surface area contributed by atoms with Crippen molar-refractivity contribution in [3.8, 4) is 0 Å². The summed E-state index contributed by atoms with van der Waals surface area (Å²) in [6.45, 7) is 1.88. The number of aromatic nitrogens is 4. The summed E-state index contributed by atoms with van der Waals surface area (Å²) < 4.78 is 22.1. The summed E-state index contributed by atoms with van der Waals surface area (Å²) in [7, 11) is 3.37. The second-order valence-corrected chi connectivity index (χ2v) is 9.26. The normalized spacial score (nSPS) is 14.0. The largest absolute Gasteiger partial charge is 0.428 e. The fraction of sp³-hybridized carbons (Fsp3) is 0.333. The number of carbonyl (C=O) groups excluding carboxylic acids is 1. The fourth-order valence-electron chi connectivity index (χ4n) is 4.87. The zero-order chi connectivity index (χ0) is 26.6. The number of benzene rings is 2. The number of hydrogen-bond donors (Lipinski definition) is 1. The molecule has 0 unspecified atom stereocenters. The van der Waals surface area contributed by atoms with Crippen molar-refractivity contribution in [1.82, 2.24) is 24.4 Å². The smallest absolute Gasteiger partial charge is 0.408 e. The maximum absolute atomic E-state index is 13.5. The van der Waals surface area contributed by atoms with E-state index in [4.69, 9.17) is 9.72 Å². The molecule has 2 aromatic heterocycles. The summed E-state index contributed by atoms with van der Waals surface area (Å²) in [5.41, 5.74) is 2.65. The molecule has 1 aliphatic heterocycles. The molecule has 1 N–H and O–H groups in total. The van der Waals surface area contributed by atoms with E-state index < -0.39 is 6.09 Å². The molecule has 5 rings (SSSR count). The molecule has 11 heteroatoms. The van der Waals surface area contributed by atoms with Crippen LogP contribution in [-0.4, -0.2) is 58.4 Å². The van der Waals surface area contributed by atoms with Gasteiger partial charge in [0.2, 0.25) is 11.9 Å². The Morgan fingerprint density at radius 2 is 1.84 bits per heavy atom. The Bertz CT molecular complexity index is 1480. The van der Waals surface area contributed by atoms with E-state index in [1.807, 2.05) is 30.1 Å². The standard InChI is InChI=1S/C27H30FN7O3/c1-29-27(37)38-18-35-24(36)11-14-30-25(35)32(2)21-12-15-33(16-13-21)26-31-22-5-3-4-6-23(22)34(26)17-19-7-9-20(28)10-8-19/h3-11,14,21H,12-13,15-18H2,1-2H3,(H,29,37). The van der Waals surface area contributed by atoms with Crippen molar-refractivity contribution >= 4 is 29.0 Å². The van der Waals surface area contributed by atoms with Crippen LogP contribution in [0.4, 0.5) is 21.1 Å². The third-order valence-corrected chi connectivity index (χ3v) is 6.94. The molecule has 0 radical (unpaired) electrons. The molecule has 38 heavy (non-hydrogen) atoms. The van der Waals surface area contributed by atoms with E-state index in [9.17, 15) is 14.0 Å². The number of nitrogens with one attached hydrogen (secondary N) is 1. The number of carbonyl (C=O) groups is 1. The van der Waals surface area contributed by atoms with E-state index in [1.54, 1.807) is 12.1 Å². The van der Waals surface area contributed by atoms with Gasteiger partial charge in [-0.3, -0.25) is 4.79 Å². The third-order valence-electron chi connectivity index (χ3n) is 6.94. The van der Waals surface area contributed by atoms with Gasteiger partial charge in [-0.05, 0) is 42.7 Å². The lowest BCUT2D eigenvalue weighted by Crippen LogP contribution is -2.46. The molecule has 0 spiro atoms. The number of rotatable bonds is 7. The van der Waals surface area contributed by atoms with Crippen molar-refractivity contribution in [1.29, 1.82) is 0 Å². The second kappa shape index (κ2) is 10.9. The van der Waals surface area contributed by atoms with Crippen LogP contribution in [0.1, 0.15) is 18.4 Å². The van der Waals surface area contributed by atoms with Crippen molar-refractivity contribution in [2.75, 3.05) is 37.0 Å². The molecule has 0 aliphatic carbocycles. The number of fused-ring (bicyclic) bond motifs is 1. The summed E-state index contributed by atoms with van der Waals surface area (Å²) in [6.07, 6.45) is 2.48. The molecule has 1 aliphatic rings. The van der Waals surface area contributed by atoms with Crippen LogP contribution in [0.3, 0.4) is 0 Å². The van der Waals surface area contributed by atoms with Crippen LogP contribution in [0.2, 0.25) is 0 Å². The van der Waals surface area contributed by atoms with Crippen LogP contribution >= 0.6 is 0 Å². The quantitative estimate of drug-likeness (QED) is 0.401. The zero-order valence-corrected chi connectivity index (χ0v) is 21.4. The number of piperidine rings is 1. The number of para-hydroxylation sites is 2. The molecule has 10 nitrogen and oxygen atoms in total. The van der Waals surface area contributed by atoms with E-state index >= 15 is 0 Å². The minimum absolute atomic E-state index is 0.127. The predicted octanol–water partition coefficient (Wildman–Crippen LogP) is 3.20. The van der Waals surface area contributed by atoms with Crippen molar-refractivity contribution in [3.05, 3.63) is 82.5 Å². The Morgan fingerprint density at radius 1 is 1.11 bits per heavy atom. The van der Waals surface area contributed by atoms with Gasteiger partial charge in [-0.2, -0.15) is 0 Å². The van der Waals surface area contributed by atoms with Gasteiger partial charge in [-0.1, -0.05) is 24.3 Å². The average Bonchev–Trinajstić information content (AvgIpc) is 3.31. The van der Waals surface area contributed by atoms with Gasteiger partial charge in [0.05, 0.1) is 17.6 Å². The topological polar surface area (TPSA) is 97.5 Å². The molecule has 198 valence electrons. The number of nitrogens with zero attached hydrogens (tertiary/aromatic N) is 6. The van der Waals surface area contributed by atoms with Gasteiger partial charge < -0.3 is 24.4 Å². The van der Waals surface area contributed by atoms with Crippen molar-refractivity contribution in [3.63, 3.8) is 0 Å². The Balaban J connectivity index is 1.34. The lowest BCUT2D eigenvalue weighted by molar-refractivity contribution is 0.114. The summed E-state index contributed by atoms with van der Waals surface area (Å²) in [4.78, 5) is 37.7. The Hall–Kier alpha value is -4.41. The van der Waals surface area contributed by atoms with Crippen LogP contribution in [0.15, 0.2) is 65.6 Å². The number of imidazole rings is 1. The monoisotopic (exact) mass is 519 g/mol. The van der Waals surface area contributed by atoms with Crippen molar-refractivity contribution in [2.24, 2.45) is 0 Å². The van der Waals surface area contributed by atoms with Crippen molar-refractivity contribution in [2.45, 2.75) is 32.2 Å². The minimum atomic E-state index is -0.619. The van der Waals surface area contributed by atoms with Gasteiger partial charge in [0.1, 0.15) is 5.82 Å². The lowest BCUT2D eigenvalue weighted by Gasteiger charge is -2.38. The molecule has 0 bridgehead atoms. The molecule has 1 amide bonds. The first-order valence-corrected chi connectivity index (χ1v) is 12.5. The van der Waals surface area contributed by atoms with E-state index in [-0.39, 0.29) is 24.1 Å². The Morgan fingerprint density at radius 3 is 2.58 bits per heavy atom. The summed E-state index contributed by atoms with van der Waals surface area (Å²) in [5.74, 6) is 1.07. The number of amides is 1. The molecule has 0 saturated carbocycles. The first kappa shape index (κ1) is 25.2. The molecule has 1 fully saturated rings. The van der Waals surface area contributed by atoms with Gasteiger partial charge in [0, 0.05) is 45.5 Å². The summed E-state index contributed by atoms with van der Waals surface area (Å²) >= 11 is 0. The molecular formula is C27H30FN7O3. The second-order valence-electron chi connectivity index (χ2n) is 9.26. The molecule has 3 heterocycles. The Labute approximate surface area is 219 Å². The minimum Gasteiger partial charge on any atom is -0.428 e. The van der Waals surface area contributed by atoms with E-state index in [1.165, 1.54) is 36.0 Å². The zero-order valence-electron chi connectivity index (χ0n) is 21.4. The highest BCUT2D eigenvalue weighted by Gasteiger charge is 2.28. The molecule has 1 saturated heterocycles. The molecule has 4 aromatic rings. The number of halogens is 1. The van der Waals surface area contributed by atoms with Gasteiger partial charge in [-0.15, -0.1) is 0 Å². The van der Waals surface area contributed by atoms with Crippen LogP contribution in [-0.2, 0) is 18.0 Å². The number of alkyl carbamates (subject to hydrolysis) is 1. The van der Waals surface area contributed by atoms with Gasteiger partial charge in [0.15, 0.2) is 6.73 Å². The van der Waals surface area contributed by atoms with Crippen molar-refractivity contribution < 1.29 is 13.9 Å². The summed E-state index contributed by atoms with van der Waals surface area (Å²) in [6, 6.07) is 16.1. The van der Waals surface area contributed by atoms with Gasteiger partial charge >= 0.3 is 6.09 Å². The van der Waals surface area contributed by atoms with E-state index in [2.05, 4.69) is 25.8 Å². The van der Waals surface area contributed by atoms with E-state index in [0.717, 1.165) is 48.5 Å². The SMILES string of the molecule is CNC(=O)OCn1c(N(C)C2CCN(c3nc4ccccc4n3Cc3ccc(F)cc3)CC2)nccc1=O. The highest BCUT2D eigenvalue weighted by molar-refractivity contribution is 5.79. The third kappa shape index (κ3) is 5.17. The maximum atomic E-state index is 13.5. The number of ether oxygens (including phenoxy) is 1. The van der Waals surface area contributed by atoms with Gasteiger partial charge in [0.25, 0.3) is 5.56 Å². The number of hydrogen-bond acceptors (Lipinski definition) is 7. The van der Waals surface area contributed by atoms with E-state index in [0.29, 0.717) is 12.5 Å². The fourth-order valence-corrected chi connectivity index (χ4v) is 4.87. The highest BCUT2D eigenvalue weighted by Crippen LogP contribution is 2.28. The lowest BCUT2D eigenvalue weighted by atomic mass is 10.0. The first-order chi connectivity index (χ1) is 18.4. The van der Waals surface area contributed by atoms with Crippen LogP contribution in [0, 0.1) is 5.82 Å². The Kier molecular flexibility index (Phi) is 7.25. The van der Waals surface area contributed by atoms with Crippen LogP contribution in [0.25, 0.3) is 11.0 Å². The molecule has 2 aromatic carbocycles. The number of anilines is 2. The highest BCUT2D eigenvalue weighted by atomic mass is 19.1. The van der Waals surface area contributed by atoms with Crippen LogP contribution in [0.5, 0.6) is 0 Å². The molecule has 0 atom stereocenters. The summed E-state index contributed by atoms with van der Waals surface area (Å²) in [5, 5.41) is 2.38. The molecular weight excluding hydrogens is 489 g/mol. The van der Waals surface area contributed by atoms with Gasteiger partial charge in [-0.25, -0.2) is 23.7 Å². The average molecular weight is 520 g/mol.